The highest BCUT2D eigenvalue weighted by molar-refractivity contribution is 6.36. The molecule has 2 aromatic rings. The van der Waals surface area contributed by atoms with Gasteiger partial charge in [0.2, 0.25) is 0 Å². The number of unbranched alkanes of at least 4 members (excludes halogenated alkanes) is 1. The van der Waals surface area contributed by atoms with Crippen molar-refractivity contribution >= 4 is 22.6 Å². The Balaban J connectivity index is 2.40. The van der Waals surface area contributed by atoms with Crippen LogP contribution in [0.15, 0.2) is 28.9 Å². The van der Waals surface area contributed by atoms with Gasteiger partial charge in [-0.05, 0) is 30.5 Å². The molecule has 0 amide bonds. The lowest BCUT2D eigenvalue weighted by Gasteiger charge is -2.03. The van der Waals surface area contributed by atoms with E-state index in [9.17, 15) is 0 Å². The monoisotopic (exact) mass is 208 g/mol. The third-order valence-corrected chi connectivity index (χ3v) is 2.90. The van der Waals surface area contributed by atoms with E-state index >= 15 is 0 Å². The lowest BCUT2D eigenvalue weighted by Crippen LogP contribution is -1.86. The second kappa shape index (κ2) is 4.05. The van der Waals surface area contributed by atoms with Crippen molar-refractivity contribution in [2.24, 2.45) is 0 Å². The summed E-state index contributed by atoms with van der Waals surface area (Å²) in [5.41, 5.74) is 2.10. The second-order valence-electron chi connectivity index (χ2n) is 3.47. The van der Waals surface area contributed by atoms with Crippen LogP contribution in [0.1, 0.15) is 25.3 Å². The first kappa shape index (κ1) is 9.60. The zero-order valence-corrected chi connectivity index (χ0v) is 8.97. The summed E-state index contributed by atoms with van der Waals surface area (Å²) in [5, 5.41) is 1.88. The number of rotatable bonds is 3. The van der Waals surface area contributed by atoms with Gasteiger partial charge in [0.1, 0.15) is 5.58 Å². The fourth-order valence-electron chi connectivity index (χ4n) is 1.61. The summed E-state index contributed by atoms with van der Waals surface area (Å²) in [6.07, 6.45) is 5.11. The molecule has 0 aliphatic rings. The van der Waals surface area contributed by atoms with Crippen molar-refractivity contribution < 1.29 is 4.42 Å². The first-order valence-electron chi connectivity index (χ1n) is 4.97. The van der Waals surface area contributed by atoms with Crippen molar-refractivity contribution in [1.82, 2.24) is 0 Å². The van der Waals surface area contributed by atoms with Crippen molar-refractivity contribution in [3.8, 4) is 0 Å². The SMILES string of the molecule is CCCCc1ccc2occc2c1Cl. The minimum Gasteiger partial charge on any atom is -0.464 e. The van der Waals surface area contributed by atoms with Gasteiger partial charge in [-0.1, -0.05) is 31.0 Å². The van der Waals surface area contributed by atoms with Crippen LogP contribution in [0.5, 0.6) is 0 Å². The molecule has 1 heterocycles. The number of furan rings is 1. The summed E-state index contributed by atoms with van der Waals surface area (Å²) < 4.78 is 5.27. The Morgan fingerprint density at radius 1 is 1.29 bits per heavy atom. The van der Waals surface area contributed by atoms with Crippen molar-refractivity contribution in [1.29, 1.82) is 0 Å². The molecule has 1 aromatic heterocycles. The molecule has 2 heteroatoms. The maximum absolute atomic E-state index is 6.26. The Kier molecular flexibility index (Phi) is 2.78. The lowest BCUT2D eigenvalue weighted by atomic mass is 10.1. The summed E-state index contributed by atoms with van der Waals surface area (Å²) in [6, 6.07) is 5.98. The number of benzene rings is 1. The third kappa shape index (κ3) is 1.64. The van der Waals surface area contributed by atoms with Gasteiger partial charge in [-0.15, -0.1) is 0 Å². The maximum atomic E-state index is 6.26. The van der Waals surface area contributed by atoms with E-state index in [-0.39, 0.29) is 0 Å². The van der Waals surface area contributed by atoms with Crippen LogP contribution in [0.4, 0.5) is 0 Å². The summed E-state index contributed by atoms with van der Waals surface area (Å²) in [4.78, 5) is 0. The second-order valence-corrected chi connectivity index (χ2v) is 3.85. The van der Waals surface area contributed by atoms with Gasteiger partial charge >= 0.3 is 0 Å². The lowest BCUT2D eigenvalue weighted by molar-refractivity contribution is 0.615. The van der Waals surface area contributed by atoms with E-state index < -0.39 is 0 Å². The highest BCUT2D eigenvalue weighted by Crippen LogP contribution is 2.28. The topological polar surface area (TPSA) is 13.1 Å². The van der Waals surface area contributed by atoms with E-state index in [4.69, 9.17) is 16.0 Å². The Labute approximate surface area is 88.7 Å². The molecule has 0 atom stereocenters. The molecular formula is C12H13ClO. The van der Waals surface area contributed by atoms with Crippen molar-refractivity contribution in [2.75, 3.05) is 0 Å². The average Bonchev–Trinajstić information content (AvgIpc) is 2.66. The zero-order chi connectivity index (χ0) is 9.97. The summed E-state index contributed by atoms with van der Waals surface area (Å²) in [7, 11) is 0. The molecule has 0 aliphatic carbocycles. The molecule has 1 aromatic carbocycles. The van der Waals surface area contributed by atoms with E-state index in [2.05, 4.69) is 13.0 Å². The number of aryl methyl sites for hydroxylation is 1. The molecule has 0 saturated heterocycles. The highest BCUT2D eigenvalue weighted by atomic mass is 35.5. The number of halogens is 1. The van der Waals surface area contributed by atoms with E-state index in [0.29, 0.717) is 0 Å². The summed E-state index contributed by atoms with van der Waals surface area (Å²) in [6.45, 7) is 2.18. The first-order valence-corrected chi connectivity index (χ1v) is 5.35. The number of hydrogen-bond acceptors (Lipinski definition) is 1. The van der Waals surface area contributed by atoms with Gasteiger partial charge in [0, 0.05) is 5.39 Å². The van der Waals surface area contributed by atoms with Gasteiger partial charge in [0.15, 0.2) is 0 Å². The molecule has 1 nitrogen and oxygen atoms in total. The predicted octanol–water partition coefficient (Wildman–Crippen LogP) is 4.43. The molecular weight excluding hydrogens is 196 g/mol. The molecule has 0 bridgehead atoms. The van der Waals surface area contributed by atoms with Gasteiger partial charge in [-0.25, -0.2) is 0 Å². The Morgan fingerprint density at radius 3 is 2.93 bits per heavy atom. The van der Waals surface area contributed by atoms with E-state index in [1.807, 2.05) is 12.1 Å². The normalized spacial score (nSPS) is 11.0. The zero-order valence-electron chi connectivity index (χ0n) is 8.22. The van der Waals surface area contributed by atoms with Gasteiger partial charge in [-0.2, -0.15) is 0 Å². The molecule has 0 spiro atoms. The van der Waals surface area contributed by atoms with Crippen LogP contribution in [0.3, 0.4) is 0 Å². The fourth-order valence-corrected chi connectivity index (χ4v) is 1.93. The Hall–Kier alpha value is -0.950. The molecule has 14 heavy (non-hydrogen) atoms. The molecule has 0 aliphatic heterocycles. The van der Waals surface area contributed by atoms with E-state index in [1.54, 1.807) is 6.26 Å². The highest BCUT2D eigenvalue weighted by Gasteiger charge is 2.06. The van der Waals surface area contributed by atoms with Crippen molar-refractivity contribution in [2.45, 2.75) is 26.2 Å². The molecule has 0 saturated carbocycles. The Morgan fingerprint density at radius 2 is 2.14 bits per heavy atom. The van der Waals surface area contributed by atoms with Crippen LogP contribution < -0.4 is 0 Å². The predicted molar refractivity (Wildman–Crippen MR) is 59.8 cm³/mol. The molecule has 0 radical (unpaired) electrons. The van der Waals surface area contributed by atoms with Crippen molar-refractivity contribution in [3.05, 3.63) is 35.0 Å². The van der Waals surface area contributed by atoms with Crippen LogP contribution in [0, 0.1) is 0 Å². The maximum Gasteiger partial charge on any atom is 0.135 e. The summed E-state index contributed by atoms with van der Waals surface area (Å²) >= 11 is 6.26. The summed E-state index contributed by atoms with van der Waals surface area (Å²) in [5.74, 6) is 0. The minimum absolute atomic E-state index is 0.852. The molecule has 2 rings (SSSR count). The standard InChI is InChI=1S/C12H13ClO/c1-2-3-4-9-5-6-11-10(12(9)13)7-8-14-11/h5-8H,2-4H2,1H3. The molecule has 0 N–H and O–H groups in total. The van der Waals surface area contributed by atoms with Crippen LogP contribution in [-0.4, -0.2) is 0 Å². The fraction of sp³-hybridized carbons (Fsp3) is 0.333. The molecule has 0 fully saturated rings. The van der Waals surface area contributed by atoms with Gasteiger partial charge < -0.3 is 4.42 Å². The first-order chi connectivity index (χ1) is 6.83. The largest absolute Gasteiger partial charge is 0.464 e. The number of fused-ring (bicyclic) bond motifs is 1. The van der Waals surface area contributed by atoms with Crippen LogP contribution in [0.2, 0.25) is 5.02 Å². The number of hydrogen-bond donors (Lipinski definition) is 0. The molecule has 0 unspecified atom stereocenters. The van der Waals surface area contributed by atoms with Crippen molar-refractivity contribution in [3.63, 3.8) is 0 Å². The van der Waals surface area contributed by atoms with Gasteiger partial charge in [0.05, 0.1) is 11.3 Å². The van der Waals surface area contributed by atoms with E-state index in [0.717, 1.165) is 22.4 Å². The van der Waals surface area contributed by atoms with Gasteiger partial charge in [-0.3, -0.25) is 0 Å². The molecule has 74 valence electrons. The van der Waals surface area contributed by atoms with Crippen LogP contribution in [0.25, 0.3) is 11.0 Å². The Bertz CT molecular complexity index is 431. The smallest absolute Gasteiger partial charge is 0.135 e. The van der Waals surface area contributed by atoms with Crippen LogP contribution in [-0.2, 0) is 6.42 Å². The average molecular weight is 209 g/mol. The minimum atomic E-state index is 0.852. The quantitative estimate of drug-likeness (QED) is 0.728. The van der Waals surface area contributed by atoms with Crippen LogP contribution >= 0.6 is 11.6 Å². The van der Waals surface area contributed by atoms with E-state index in [1.165, 1.54) is 18.4 Å². The third-order valence-electron chi connectivity index (χ3n) is 2.45. The van der Waals surface area contributed by atoms with Gasteiger partial charge in [0.25, 0.3) is 0 Å².